The summed E-state index contributed by atoms with van der Waals surface area (Å²) in [6, 6.07) is 1.66. The van der Waals surface area contributed by atoms with Gasteiger partial charge in [-0.1, -0.05) is 27.7 Å². The average Bonchev–Trinajstić information content (AvgIpc) is 2.63. The summed E-state index contributed by atoms with van der Waals surface area (Å²) >= 11 is 0. The molecule has 0 radical (unpaired) electrons. The second-order valence-electron chi connectivity index (χ2n) is 10.8. The van der Waals surface area contributed by atoms with Gasteiger partial charge in [0.1, 0.15) is 11.6 Å². The van der Waals surface area contributed by atoms with Gasteiger partial charge in [0, 0.05) is 18.9 Å². The lowest BCUT2D eigenvalue weighted by atomic mass is 9.59. The Hall–Kier alpha value is -2.94. The monoisotopic (exact) mass is 458 g/mol. The van der Waals surface area contributed by atoms with Gasteiger partial charge in [-0.15, -0.1) is 0 Å². The Morgan fingerprint density at radius 3 is 2.39 bits per heavy atom. The van der Waals surface area contributed by atoms with Gasteiger partial charge in [-0.05, 0) is 55.6 Å². The number of ether oxygens (including phenoxy) is 1. The lowest BCUT2D eigenvalue weighted by Crippen LogP contribution is -2.50. The van der Waals surface area contributed by atoms with Gasteiger partial charge in [0.2, 0.25) is 0 Å². The van der Waals surface area contributed by atoms with Crippen LogP contribution in [0.15, 0.2) is 23.3 Å². The fraction of sp³-hybridized carbons (Fsp3) is 0.583. The van der Waals surface area contributed by atoms with Crippen molar-refractivity contribution in [2.75, 3.05) is 18.5 Å². The summed E-state index contributed by atoms with van der Waals surface area (Å²) in [6.07, 6.45) is 5.32. The number of aliphatic carboxylic acids is 1. The van der Waals surface area contributed by atoms with Crippen molar-refractivity contribution in [1.82, 2.24) is 14.5 Å². The van der Waals surface area contributed by atoms with Gasteiger partial charge < -0.3 is 20.3 Å². The number of nitrogens with zero attached hydrogens (tertiary/aromatic N) is 3. The lowest BCUT2D eigenvalue weighted by molar-refractivity contribution is -0.139. The van der Waals surface area contributed by atoms with Gasteiger partial charge in [0.25, 0.3) is 5.56 Å². The topological polar surface area (TPSA) is 127 Å². The number of aliphatic hydroxyl groups is 1. The van der Waals surface area contributed by atoms with E-state index in [1.165, 1.54) is 17.0 Å². The van der Waals surface area contributed by atoms with Crippen LogP contribution in [0.25, 0.3) is 5.82 Å². The molecule has 2 aromatic heterocycles. The van der Waals surface area contributed by atoms with E-state index < -0.39 is 18.2 Å². The molecule has 2 heterocycles. The number of carboxylic acids is 1. The van der Waals surface area contributed by atoms with E-state index in [1.807, 2.05) is 0 Å². The number of hydrogen-bond acceptors (Lipinski definition) is 7. The maximum atomic E-state index is 13.1. The molecule has 3 N–H and O–H groups in total. The summed E-state index contributed by atoms with van der Waals surface area (Å²) < 4.78 is 6.69. The molecule has 9 heteroatoms. The molecule has 33 heavy (non-hydrogen) atoms. The number of pyridine rings is 1. The molecule has 0 amide bonds. The Bertz CT molecular complexity index is 1070. The normalized spacial score (nSPS) is 18.5. The summed E-state index contributed by atoms with van der Waals surface area (Å²) in [7, 11) is 0. The van der Waals surface area contributed by atoms with Crippen LogP contribution in [-0.2, 0) is 4.79 Å². The number of aryl methyl sites for hydroxylation is 2. The van der Waals surface area contributed by atoms with Gasteiger partial charge in [0.15, 0.2) is 12.4 Å². The van der Waals surface area contributed by atoms with Crippen LogP contribution in [0.4, 0.5) is 5.82 Å². The molecule has 1 fully saturated rings. The van der Waals surface area contributed by atoms with E-state index in [0.29, 0.717) is 35.7 Å². The number of carboxylic acid groups (broad SMARTS) is 1. The van der Waals surface area contributed by atoms with E-state index in [1.54, 1.807) is 19.9 Å². The zero-order valence-corrected chi connectivity index (χ0v) is 20.2. The Labute approximate surface area is 193 Å². The van der Waals surface area contributed by atoms with Crippen LogP contribution in [0.3, 0.4) is 0 Å². The summed E-state index contributed by atoms with van der Waals surface area (Å²) in [5.74, 6) is -0.186. The van der Waals surface area contributed by atoms with E-state index >= 15 is 0 Å². The molecule has 0 saturated heterocycles. The van der Waals surface area contributed by atoms with Crippen molar-refractivity contribution in [2.24, 2.45) is 10.8 Å². The summed E-state index contributed by atoms with van der Waals surface area (Å²) in [5.41, 5.74) is -0.212. The van der Waals surface area contributed by atoms with Crippen molar-refractivity contribution in [1.29, 1.82) is 0 Å². The first-order chi connectivity index (χ1) is 15.2. The minimum atomic E-state index is -1.08. The third-order valence-corrected chi connectivity index (χ3v) is 5.90. The lowest BCUT2D eigenvalue weighted by Gasteiger charge is -2.49. The van der Waals surface area contributed by atoms with Crippen molar-refractivity contribution >= 4 is 11.8 Å². The summed E-state index contributed by atoms with van der Waals surface area (Å²) in [5, 5.41) is 23.2. The standard InChI is InChI=1S/C24H34N4O5/c1-15-9-17(27-16(2)19(15)33-10-18(29)30)28-8-7-25-20(21(28)31)26-14-24(32)12-22(3,4)11-23(5,6)13-24/h7-9,32H,10-14H2,1-6H3,(H,25,26)(H,29,30). The first-order valence-electron chi connectivity index (χ1n) is 11.1. The molecule has 1 aliphatic carbocycles. The molecule has 1 aliphatic rings. The molecule has 1 saturated carbocycles. The number of nitrogens with one attached hydrogen (secondary N) is 1. The molecule has 3 rings (SSSR count). The average molecular weight is 459 g/mol. The quantitative estimate of drug-likeness (QED) is 0.578. The minimum Gasteiger partial charge on any atom is -0.480 e. The third kappa shape index (κ3) is 5.90. The molecular formula is C24H34N4O5. The number of rotatable bonds is 7. The van der Waals surface area contributed by atoms with Gasteiger partial charge in [-0.2, -0.15) is 0 Å². The minimum absolute atomic E-state index is 0.00801. The van der Waals surface area contributed by atoms with E-state index in [2.05, 4.69) is 43.0 Å². The van der Waals surface area contributed by atoms with Crippen LogP contribution >= 0.6 is 0 Å². The highest BCUT2D eigenvalue weighted by Gasteiger charge is 2.46. The molecule has 9 nitrogen and oxygen atoms in total. The third-order valence-electron chi connectivity index (χ3n) is 5.90. The molecular weight excluding hydrogens is 424 g/mol. The van der Waals surface area contributed by atoms with E-state index in [-0.39, 0.29) is 28.8 Å². The Balaban J connectivity index is 1.84. The fourth-order valence-corrected chi connectivity index (χ4v) is 5.63. The van der Waals surface area contributed by atoms with E-state index in [4.69, 9.17) is 9.84 Å². The smallest absolute Gasteiger partial charge is 0.341 e. The Morgan fingerprint density at radius 2 is 1.82 bits per heavy atom. The van der Waals surface area contributed by atoms with E-state index in [0.717, 1.165) is 6.42 Å². The number of aromatic nitrogens is 3. The first-order valence-corrected chi connectivity index (χ1v) is 11.1. The zero-order chi connectivity index (χ0) is 24.6. The predicted molar refractivity (Wildman–Crippen MR) is 125 cm³/mol. The van der Waals surface area contributed by atoms with Crippen molar-refractivity contribution in [3.63, 3.8) is 0 Å². The van der Waals surface area contributed by atoms with Crippen molar-refractivity contribution in [3.05, 3.63) is 40.1 Å². The van der Waals surface area contributed by atoms with Crippen LogP contribution in [0.1, 0.15) is 58.2 Å². The zero-order valence-electron chi connectivity index (χ0n) is 20.2. The number of anilines is 1. The van der Waals surface area contributed by atoms with Gasteiger partial charge in [-0.3, -0.25) is 9.36 Å². The SMILES string of the molecule is Cc1cc(-n2ccnc(NCC3(O)CC(C)(C)CC(C)(C)C3)c2=O)nc(C)c1OCC(=O)O. The second-order valence-corrected chi connectivity index (χ2v) is 10.8. The first kappa shape index (κ1) is 24.7. The highest BCUT2D eigenvalue weighted by molar-refractivity contribution is 5.68. The van der Waals surface area contributed by atoms with Crippen LogP contribution in [-0.4, -0.2) is 49.5 Å². The molecule has 0 unspecified atom stereocenters. The molecule has 0 bridgehead atoms. The summed E-state index contributed by atoms with van der Waals surface area (Å²) in [4.78, 5) is 32.6. The van der Waals surface area contributed by atoms with Crippen LogP contribution < -0.4 is 15.6 Å². The molecule has 0 aliphatic heterocycles. The van der Waals surface area contributed by atoms with Crippen LogP contribution in [0.5, 0.6) is 5.75 Å². The second kappa shape index (κ2) is 8.78. The largest absolute Gasteiger partial charge is 0.480 e. The van der Waals surface area contributed by atoms with Gasteiger partial charge in [0.05, 0.1) is 11.3 Å². The van der Waals surface area contributed by atoms with Crippen LogP contribution in [0.2, 0.25) is 0 Å². The van der Waals surface area contributed by atoms with E-state index in [9.17, 15) is 14.7 Å². The predicted octanol–water partition coefficient (Wildman–Crippen LogP) is 3.09. The number of hydrogen-bond donors (Lipinski definition) is 3. The highest BCUT2D eigenvalue weighted by atomic mass is 16.5. The van der Waals surface area contributed by atoms with Crippen molar-refractivity contribution in [3.8, 4) is 11.6 Å². The summed E-state index contributed by atoms with van der Waals surface area (Å²) in [6.45, 7) is 11.9. The molecule has 2 aromatic rings. The van der Waals surface area contributed by atoms with Gasteiger partial charge >= 0.3 is 5.97 Å². The Morgan fingerprint density at radius 1 is 1.18 bits per heavy atom. The fourth-order valence-electron chi connectivity index (χ4n) is 5.63. The van der Waals surface area contributed by atoms with Gasteiger partial charge in [-0.25, -0.2) is 14.8 Å². The maximum absolute atomic E-state index is 13.1. The van der Waals surface area contributed by atoms with Crippen molar-refractivity contribution in [2.45, 2.75) is 66.4 Å². The molecule has 0 spiro atoms. The molecule has 180 valence electrons. The number of carbonyl (C=O) groups is 1. The van der Waals surface area contributed by atoms with Crippen LogP contribution in [0, 0.1) is 24.7 Å². The molecule has 0 atom stereocenters. The Kier molecular flexibility index (Phi) is 6.57. The maximum Gasteiger partial charge on any atom is 0.341 e. The highest BCUT2D eigenvalue weighted by Crippen LogP contribution is 2.50. The molecule has 0 aromatic carbocycles. The van der Waals surface area contributed by atoms with Crippen molar-refractivity contribution < 1.29 is 19.7 Å².